The van der Waals surface area contributed by atoms with Crippen molar-refractivity contribution in [3.8, 4) is 0 Å². The minimum atomic E-state index is 0.602. The number of benzene rings is 1. The Kier molecular flexibility index (Phi) is 4.44. The van der Waals surface area contributed by atoms with Crippen LogP contribution in [0.1, 0.15) is 33.1 Å². The summed E-state index contributed by atoms with van der Waals surface area (Å²) in [5, 5.41) is 11.9. The molecule has 0 amide bonds. The molecule has 0 saturated carbocycles. The lowest BCUT2D eigenvalue weighted by Gasteiger charge is -2.33. The van der Waals surface area contributed by atoms with Crippen LogP contribution in [0.2, 0.25) is 0 Å². The molecular formula is C17H26N4. The topological polar surface area (TPSA) is 44.0 Å². The van der Waals surface area contributed by atoms with Gasteiger partial charge in [-0.1, -0.05) is 13.8 Å². The molecule has 3 rings (SSSR count). The Balaban J connectivity index is 1.50. The second-order valence-corrected chi connectivity index (χ2v) is 6.61. The van der Waals surface area contributed by atoms with Crippen LogP contribution < -0.4 is 5.32 Å². The van der Waals surface area contributed by atoms with Gasteiger partial charge in [-0.05, 0) is 49.9 Å². The molecule has 21 heavy (non-hydrogen) atoms. The van der Waals surface area contributed by atoms with Gasteiger partial charge in [-0.2, -0.15) is 5.10 Å². The summed E-state index contributed by atoms with van der Waals surface area (Å²) in [4.78, 5) is 2.61. The van der Waals surface area contributed by atoms with Gasteiger partial charge in [0.15, 0.2) is 0 Å². The number of nitrogens with one attached hydrogen (secondary N) is 2. The Morgan fingerprint density at radius 1 is 1.33 bits per heavy atom. The molecule has 4 heteroatoms. The average molecular weight is 286 g/mol. The van der Waals surface area contributed by atoms with Crippen LogP contribution in [0.15, 0.2) is 24.4 Å². The van der Waals surface area contributed by atoms with Crippen LogP contribution in [0.3, 0.4) is 0 Å². The summed E-state index contributed by atoms with van der Waals surface area (Å²) in [5.74, 6) is 0.808. The number of hydrogen-bond donors (Lipinski definition) is 2. The Morgan fingerprint density at radius 3 is 2.90 bits per heavy atom. The van der Waals surface area contributed by atoms with E-state index in [4.69, 9.17) is 0 Å². The monoisotopic (exact) mass is 286 g/mol. The van der Waals surface area contributed by atoms with Gasteiger partial charge < -0.3 is 10.2 Å². The summed E-state index contributed by atoms with van der Waals surface area (Å²) in [6, 6.07) is 7.03. The van der Waals surface area contributed by atoms with Gasteiger partial charge in [-0.15, -0.1) is 0 Å². The highest BCUT2D eigenvalue weighted by Gasteiger charge is 2.18. The summed E-state index contributed by atoms with van der Waals surface area (Å²) in [7, 11) is 0. The molecule has 1 aromatic carbocycles. The van der Waals surface area contributed by atoms with E-state index in [0.29, 0.717) is 6.04 Å². The van der Waals surface area contributed by atoms with Gasteiger partial charge in [0, 0.05) is 30.2 Å². The molecule has 1 fully saturated rings. The second kappa shape index (κ2) is 6.48. The van der Waals surface area contributed by atoms with Gasteiger partial charge in [0.25, 0.3) is 0 Å². The number of likely N-dealkylation sites (tertiary alicyclic amines) is 1. The lowest BCUT2D eigenvalue weighted by atomic mass is 10.0. The number of H-pyrrole nitrogens is 1. The maximum atomic E-state index is 4.07. The molecular weight excluding hydrogens is 260 g/mol. The summed E-state index contributed by atoms with van der Waals surface area (Å²) in [5.41, 5.74) is 2.31. The number of hydrogen-bond acceptors (Lipinski definition) is 3. The van der Waals surface area contributed by atoms with Crippen LogP contribution >= 0.6 is 0 Å². The van der Waals surface area contributed by atoms with E-state index in [0.717, 1.165) is 11.4 Å². The first kappa shape index (κ1) is 14.4. The highest BCUT2D eigenvalue weighted by molar-refractivity contribution is 5.81. The van der Waals surface area contributed by atoms with Crippen molar-refractivity contribution < 1.29 is 0 Å². The smallest absolute Gasteiger partial charge is 0.0651 e. The number of piperidine rings is 1. The maximum Gasteiger partial charge on any atom is 0.0651 e. The SMILES string of the molecule is CC(C)CCN1CCC(Nc2ccc3[nH]ncc3c2)CC1. The summed E-state index contributed by atoms with van der Waals surface area (Å²) < 4.78 is 0. The largest absolute Gasteiger partial charge is 0.382 e. The molecule has 4 nitrogen and oxygen atoms in total. The van der Waals surface area contributed by atoms with Crippen molar-refractivity contribution >= 4 is 16.6 Å². The van der Waals surface area contributed by atoms with Gasteiger partial charge >= 0.3 is 0 Å². The molecule has 0 unspecified atom stereocenters. The number of aromatic nitrogens is 2. The quantitative estimate of drug-likeness (QED) is 0.884. The van der Waals surface area contributed by atoms with Crippen molar-refractivity contribution in [2.75, 3.05) is 25.0 Å². The number of aromatic amines is 1. The molecule has 0 atom stereocenters. The summed E-state index contributed by atoms with van der Waals surface area (Å²) in [6.45, 7) is 8.31. The van der Waals surface area contributed by atoms with Crippen LogP contribution in [0, 0.1) is 5.92 Å². The van der Waals surface area contributed by atoms with Crippen LogP contribution in [-0.4, -0.2) is 40.8 Å². The number of fused-ring (bicyclic) bond motifs is 1. The Labute approximate surface area is 126 Å². The fraction of sp³-hybridized carbons (Fsp3) is 0.588. The molecule has 0 spiro atoms. The standard InChI is InChI=1S/C17H26N4/c1-13(2)5-8-21-9-6-15(7-10-21)19-16-3-4-17-14(11-16)12-18-20-17/h3-4,11-13,15,19H,5-10H2,1-2H3,(H,18,20). The van der Waals surface area contributed by atoms with Crippen LogP contribution in [-0.2, 0) is 0 Å². The van der Waals surface area contributed by atoms with E-state index < -0.39 is 0 Å². The van der Waals surface area contributed by atoms with E-state index in [1.165, 1.54) is 50.0 Å². The molecule has 114 valence electrons. The second-order valence-electron chi connectivity index (χ2n) is 6.61. The van der Waals surface area contributed by atoms with E-state index in [1.807, 2.05) is 6.20 Å². The van der Waals surface area contributed by atoms with Crippen molar-refractivity contribution in [2.24, 2.45) is 5.92 Å². The fourth-order valence-electron chi connectivity index (χ4n) is 3.01. The minimum absolute atomic E-state index is 0.602. The van der Waals surface area contributed by atoms with Crippen molar-refractivity contribution in [3.05, 3.63) is 24.4 Å². The average Bonchev–Trinajstić information content (AvgIpc) is 2.94. The summed E-state index contributed by atoms with van der Waals surface area (Å²) >= 11 is 0. The van der Waals surface area contributed by atoms with E-state index in [9.17, 15) is 0 Å². The third kappa shape index (κ3) is 3.76. The van der Waals surface area contributed by atoms with Crippen molar-refractivity contribution in [3.63, 3.8) is 0 Å². The number of nitrogens with zero attached hydrogens (tertiary/aromatic N) is 2. The molecule has 0 aliphatic carbocycles. The van der Waals surface area contributed by atoms with Gasteiger partial charge in [0.1, 0.15) is 0 Å². The highest BCUT2D eigenvalue weighted by atomic mass is 15.1. The molecule has 0 radical (unpaired) electrons. The minimum Gasteiger partial charge on any atom is -0.382 e. The molecule has 1 aromatic heterocycles. The van der Waals surface area contributed by atoms with Gasteiger partial charge in [0.05, 0.1) is 11.7 Å². The maximum absolute atomic E-state index is 4.07. The number of rotatable bonds is 5. The molecule has 2 heterocycles. The summed E-state index contributed by atoms with van der Waals surface area (Å²) in [6.07, 6.45) is 5.67. The first-order valence-electron chi connectivity index (χ1n) is 8.13. The molecule has 2 aromatic rings. The number of anilines is 1. The van der Waals surface area contributed by atoms with Crippen LogP contribution in [0.25, 0.3) is 10.9 Å². The molecule has 2 N–H and O–H groups in total. The molecule has 1 aliphatic heterocycles. The molecule has 0 bridgehead atoms. The van der Waals surface area contributed by atoms with Gasteiger partial charge in [-0.3, -0.25) is 5.10 Å². The molecule has 1 aliphatic rings. The Morgan fingerprint density at radius 2 is 2.14 bits per heavy atom. The zero-order valence-electron chi connectivity index (χ0n) is 13.1. The van der Waals surface area contributed by atoms with Gasteiger partial charge in [0.2, 0.25) is 0 Å². The van der Waals surface area contributed by atoms with Crippen LogP contribution in [0.5, 0.6) is 0 Å². The lowest BCUT2D eigenvalue weighted by Crippen LogP contribution is -2.39. The zero-order valence-corrected chi connectivity index (χ0v) is 13.1. The first-order valence-corrected chi connectivity index (χ1v) is 8.13. The van der Waals surface area contributed by atoms with E-state index in [2.05, 4.69) is 52.5 Å². The van der Waals surface area contributed by atoms with Crippen LogP contribution in [0.4, 0.5) is 5.69 Å². The fourth-order valence-corrected chi connectivity index (χ4v) is 3.01. The lowest BCUT2D eigenvalue weighted by molar-refractivity contribution is 0.208. The van der Waals surface area contributed by atoms with E-state index in [1.54, 1.807) is 0 Å². The highest BCUT2D eigenvalue weighted by Crippen LogP contribution is 2.21. The Hall–Kier alpha value is -1.55. The Bertz CT molecular complexity index is 567. The van der Waals surface area contributed by atoms with Crippen molar-refractivity contribution in [2.45, 2.75) is 39.2 Å². The van der Waals surface area contributed by atoms with Crippen molar-refractivity contribution in [1.29, 1.82) is 0 Å². The zero-order chi connectivity index (χ0) is 14.7. The van der Waals surface area contributed by atoms with E-state index >= 15 is 0 Å². The third-order valence-electron chi connectivity index (χ3n) is 4.42. The van der Waals surface area contributed by atoms with Gasteiger partial charge in [-0.25, -0.2) is 0 Å². The van der Waals surface area contributed by atoms with E-state index in [-0.39, 0.29) is 0 Å². The predicted octanol–water partition coefficient (Wildman–Crippen LogP) is 3.49. The predicted molar refractivity (Wildman–Crippen MR) is 88.6 cm³/mol. The third-order valence-corrected chi connectivity index (χ3v) is 4.42. The normalized spacial score (nSPS) is 17.7. The van der Waals surface area contributed by atoms with Crippen molar-refractivity contribution in [1.82, 2.24) is 15.1 Å². The molecule has 1 saturated heterocycles. The first-order chi connectivity index (χ1) is 10.2.